The van der Waals surface area contributed by atoms with Crippen LogP contribution in [0.15, 0.2) is 12.2 Å². The van der Waals surface area contributed by atoms with Crippen LogP contribution in [0, 0.1) is 23.2 Å². The molecule has 0 aromatic rings. The lowest BCUT2D eigenvalue weighted by Crippen LogP contribution is -2.51. The maximum atomic E-state index is 13.9. The van der Waals surface area contributed by atoms with Gasteiger partial charge in [-0.25, -0.2) is 13.6 Å². The molecule has 4 fully saturated rings. The van der Waals surface area contributed by atoms with Gasteiger partial charge < -0.3 is 9.47 Å². The van der Waals surface area contributed by atoms with Gasteiger partial charge in [0.05, 0.1) is 12.0 Å². The zero-order chi connectivity index (χ0) is 18.2. The molecule has 0 aromatic heterocycles. The van der Waals surface area contributed by atoms with Gasteiger partial charge in [0.25, 0.3) is 5.92 Å². The van der Waals surface area contributed by atoms with Crippen LogP contribution in [0.1, 0.15) is 51.9 Å². The molecule has 0 amide bonds. The van der Waals surface area contributed by atoms with E-state index < -0.39 is 42.9 Å². The minimum absolute atomic E-state index is 0.163. The van der Waals surface area contributed by atoms with Gasteiger partial charge >= 0.3 is 11.9 Å². The third-order valence-electron chi connectivity index (χ3n) is 5.94. The summed E-state index contributed by atoms with van der Waals surface area (Å²) in [6.07, 6.45) is 5.24. The Hall–Kier alpha value is -1.46. The van der Waals surface area contributed by atoms with Crippen molar-refractivity contribution >= 4 is 11.9 Å². The minimum atomic E-state index is -3.20. The van der Waals surface area contributed by atoms with Gasteiger partial charge in [-0.3, -0.25) is 4.79 Å². The number of hydrogen-bond acceptors (Lipinski definition) is 4. The van der Waals surface area contributed by atoms with Crippen LogP contribution < -0.4 is 0 Å². The van der Waals surface area contributed by atoms with Crippen molar-refractivity contribution in [3.05, 3.63) is 12.2 Å². The molecule has 6 heteroatoms. The van der Waals surface area contributed by atoms with Crippen LogP contribution in [0.2, 0.25) is 0 Å². The average Bonchev–Trinajstić information content (AvgIpc) is 2.51. The molecule has 140 valence electrons. The summed E-state index contributed by atoms with van der Waals surface area (Å²) in [7, 11) is 0. The van der Waals surface area contributed by atoms with Crippen molar-refractivity contribution < 1.29 is 27.8 Å². The van der Waals surface area contributed by atoms with E-state index in [0.29, 0.717) is 17.8 Å². The largest absolute Gasteiger partial charge is 0.462 e. The molecule has 4 aliphatic rings. The average molecular weight is 356 g/mol. The molecule has 0 aromatic carbocycles. The zero-order valence-corrected chi connectivity index (χ0v) is 14.7. The van der Waals surface area contributed by atoms with Gasteiger partial charge in [-0.1, -0.05) is 6.58 Å². The van der Waals surface area contributed by atoms with E-state index in [1.807, 2.05) is 0 Å². The van der Waals surface area contributed by atoms with E-state index >= 15 is 0 Å². The number of alkyl halides is 2. The fourth-order valence-electron chi connectivity index (χ4n) is 5.17. The first kappa shape index (κ1) is 18.3. The quantitative estimate of drug-likeness (QED) is 0.513. The first-order valence-electron chi connectivity index (χ1n) is 9.07. The highest BCUT2D eigenvalue weighted by Gasteiger charge is 2.55. The van der Waals surface area contributed by atoms with Gasteiger partial charge in [0.2, 0.25) is 0 Å². The fourth-order valence-corrected chi connectivity index (χ4v) is 5.17. The Bertz CT molecular complexity index is 534. The summed E-state index contributed by atoms with van der Waals surface area (Å²) in [4.78, 5) is 23.8. The second-order valence-electron chi connectivity index (χ2n) is 8.30. The van der Waals surface area contributed by atoms with Crippen LogP contribution in [0.4, 0.5) is 8.78 Å². The van der Waals surface area contributed by atoms with Crippen LogP contribution >= 0.6 is 0 Å². The summed E-state index contributed by atoms with van der Waals surface area (Å²) >= 11 is 0. The van der Waals surface area contributed by atoms with Crippen molar-refractivity contribution in [2.24, 2.45) is 23.2 Å². The number of esters is 2. The number of carbonyl (C=O) groups excluding carboxylic acids is 2. The molecule has 4 rings (SSSR count). The van der Waals surface area contributed by atoms with Gasteiger partial charge in [-0.2, -0.15) is 0 Å². The molecule has 4 bridgehead atoms. The molecule has 0 atom stereocenters. The molecular weight excluding hydrogens is 330 g/mol. The van der Waals surface area contributed by atoms with Gasteiger partial charge in [0.15, 0.2) is 6.61 Å². The highest BCUT2D eigenvalue weighted by molar-refractivity contribution is 5.86. The van der Waals surface area contributed by atoms with Crippen LogP contribution in [0.5, 0.6) is 0 Å². The van der Waals surface area contributed by atoms with Crippen molar-refractivity contribution in [3.63, 3.8) is 0 Å². The first-order chi connectivity index (χ1) is 11.7. The lowest BCUT2D eigenvalue weighted by atomic mass is 9.49. The summed E-state index contributed by atoms with van der Waals surface area (Å²) in [5.74, 6) is -2.68. The van der Waals surface area contributed by atoms with E-state index in [0.717, 1.165) is 19.3 Å². The molecule has 0 saturated heterocycles. The normalized spacial score (nSPS) is 33.2. The number of carbonyl (C=O) groups is 2. The predicted molar refractivity (Wildman–Crippen MR) is 86.9 cm³/mol. The van der Waals surface area contributed by atoms with Crippen LogP contribution in [-0.2, 0) is 19.1 Å². The van der Waals surface area contributed by atoms with Crippen molar-refractivity contribution in [3.8, 4) is 0 Å². The molecule has 0 radical (unpaired) electrons. The van der Waals surface area contributed by atoms with Crippen LogP contribution in [-0.4, -0.2) is 31.1 Å². The minimum Gasteiger partial charge on any atom is -0.462 e. The van der Waals surface area contributed by atoms with Crippen molar-refractivity contribution in [2.45, 2.75) is 57.8 Å². The lowest BCUT2D eigenvalue weighted by molar-refractivity contribution is -0.183. The van der Waals surface area contributed by atoms with Gasteiger partial charge in [-0.05, 0) is 63.2 Å². The molecule has 0 aliphatic heterocycles. The fraction of sp³-hybridized carbons (Fsp3) is 0.789. The van der Waals surface area contributed by atoms with Gasteiger partial charge in [0.1, 0.15) is 0 Å². The number of rotatable bonds is 7. The Kier molecular flexibility index (Phi) is 4.91. The summed E-state index contributed by atoms with van der Waals surface area (Å²) in [6.45, 7) is 3.47. The van der Waals surface area contributed by atoms with Crippen molar-refractivity contribution in [1.82, 2.24) is 0 Å². The molecule has 4 nitrogen and oxygen atoms in total. The highest BCUT2D eigenvalue weighted by Crippen LogP contribution is 2.60. The SMILES string of the molecule is C=C(C)C(=O)OCCC(F)(F)COC(=O)C12CC3CC(CC(C3)C1)C2. The maximum Gasteiger partial charge on any atom is 0.333 e. The van der Waals surface area contributed by atoms with Gasteiger partial charge in [0, 0.05) is 12.0 Å². The zero-order valence-electron chi connectivity index (χ0n) is 14.7. The topological polar surface area (TPSA) is 52.6 Å². The van der Waals surface area contributed by atoms with Crippen molar-refractivity contribution in [2.75, 3.05) is 13.2 Å². The number of hydrogen-bond donors (Lipinski definition) is 0. The van der Waals surface area contributed by atoms with Crippen LogP contribution in [0.3, 0.4) is 0 Å². The summed E-state index contributed by atoms with van der Waals surface area (Å²) in [6, 6.07) is 0. The molecule has 0 unspecified atom stereocenters. The first-order valence-corrected chi connectivity index (χ1v) is 9.07. The predicted octanol–water partition coefficient (Wildman–Crippen LogP) is 3.89. The summed E-state index contributed by atoms with van der Waals surface area (Å²) in [5.41, 5.74) is -0.367. The standard InChI is InChI=1S/C19H26F2O4/c1-12(2)16(22)24-4-3-19(20,21)11-25-17(23)18-8-13-5-14(9-18)7-15(6-13)10-18/h13-15H,1,3-11H2,2H3. The van der Waals surface area contributed by atoms with Gasteiger partial charge in [-0.15, -0.1) is 0 Å². The van der Waals surface area contributed by atoms with E-state index in [-0.39, 0.29) is 5.57 Å². The summed E-state index contributed by atoms with van der Waals surface area (Å²) < 4.78 is 37.6. The second kappa shape index (κ2) is 6.69. The smallest absolute Gasteiger partial charge is 0.333 e. The Labute approximate surface area is 146 Å². The van der Waals surface area contributed by atoms with Crippen LogP contribution in [0.25, 0.3) is 0 Å². The number of ether oxygens (including phenoxy) is 2. The van der Waals surface area contributed by atoms with E-state index in [4.69, 9.17) is 4.74 Å². The monoisotopic (exact) mass is 356 g/mol. The lowest BCUT2D eigenvalue weighted by Gasteiger charge is -2.55. The molecule has 0 heterocycles. The molecule has 25 heavy (non-hydrogen) atoms. The third-order valence-corrected chi connectivity index (χ3v) is 5.94. The highest BCUT2D eigenvalue weighted by atomic mass is 19.3. The molecule has 4 aliphatic carbocycles. The molecular formula is C19H26F2O4. The molecule has 4 saturated carbocycles. The van der Waals surface area contributed by atoms with E-state index in [2.05, 4.69) is 11.3 Å². The Balaban J connectivity index is 1.48. The molecule has 0 N–H and O–H groups in total. The van der Waals surface area contributed by atoms with E-state index in [1.165, 1.54) is 26.2 Å². The second-order valence-corrected chi connectivity index (χ2v) is 8.30. The van der Waals surface area contributed by atoms with Crippen molar-refractivity contribution in [1.29, 1.82) is 0 Å². The Morgan fingerprint density at radius 3 is 2.08 bits per heavy atom. The number of halogens is 2. The molecule has 0 spiro atoms. The van der Waals surface area contributed by atoms with E-state index in [1.54, 1.807) is 0 Å². The van der Waals surface area contributed by atoms with E-state index in [9.17, 15) is 18.4 Å². The maximum absolute atomic E-state index is 13.9. The Morgan fingerprint density at radius 2 is 1.60 bits per heavy atom. The Morgan fingerprint density at radius 1 is 1.08 bits per heavy atom. The summed E-state index contributed by atoms with van der Waals surface area (Å²) in [5, 5.41) is 0. The third kappa shape index (κ3) is 4.04.